The van der Waals surface area contributed by atoms with E-state index in [1.54, 1.807) is 0 Å². The topological polar surface area (TPSA) is 38.3 Å². The third kappa shape index (κ3) is 4.61. The Morgan fingerprint density at radius 3 is 3.00 bits per heavy atom. The van der Waals surface area contributed by atoms with Gasteiger partial charge in [0.05, 0.1) is 6.10 Å². The third-order valence-electron chi connectivity index (χ3n) is 2.56. The first-order valence-electron chi connectivity index (χ1n) is 5.71. The zero-order valence-electron chi connectivity index (χ0n) is 9.05. The maximum atomic E-state index is 11.3. The van der Waals surface area contributed by atoms with E-state index >= 15 is 0 Å². The molecule has 1 atom stereocenters. The van der Waals surface area contributed by atoms with Crippen molar-refractivity contribution in [3.63, 3.8) is 0 Å². The van der Waals surface area contributed by atoms with Crippen LogP contribution in [0.15, 0.2) is 0 Å². The van der Waals surface area contributed by atoms with Crippen molar-refractivity contribution in [1.29, 1.82) is 0 Å². The molecule has 14 heavy (non-hydrogen) atoms. The first-order chi connectivity index (χ1) is 6.83. The van der Waals surface area contributed by atoms with Gasteiger partial charge >= 0.3 is 0 Å². The summed E-state index contributed by atoms with van der Waals surface area (Å²) in [5.74, 6) is 0.175. The Labute approximate surface area is 86.2 Å². The Kier molecular flexibility index (Phi) is 5.60. The van der Waals surface area contributed by atoms with Gasteiger partial charge in [0.15, 0.2) is 0 Å². The Balaban J connectivity index is 1.96. The van der Waals surface area contributed by atoms with Crippen molar-refractivity contribution in [1.82, 2.24) is 5.32 Å². The number of hydrogen-bond donors (Lipinski definition) is 1. The fourth-order valence-corrected chi connectivity index (χ4v) is 1.66. The summed E-state index contributed by atoms with van der Waals surface area (Å²) in [6.07, 6.45) is 6.48. The lowest BCUT2D eigenvalue weighted by Gasteiger charge is -2.10. The summed E-state index contributed by atoms with van der Waals surface area (Å²) in [6, 6.07) is 0. The maximum Gasteiger partial charge on any atom is 0.220 e. The van der Waals surface area contributed by atoms with Crippen molar-refractivity contribution < 1.29 is 9.53 Å². The van der Waals surface area contributed by atoms with Crippen LogP contribution in [0.4, 0.5) is 0 Å². The number of amides is 1. The van der Waals surface area contributed by atoms with Crippen LogP contribution in [0.25, 0.3) is 0 Å². The molecular weight excluding hydrogens is 178 g/mol. The minimum Gasteiger partial charge on any atom is -0.376 e. The van der Waals surface area contributed by atoms with Crippen molar-refractivity contribution in [3.05, 3.63) is 0 Å². The summed E-state index contributed by atoms with van der Waals surface area (Å²) in [5, 5.41) is 2.92. The van der Waals surface area contributed by atoms with Crippen molar-refractivity contribution >= 4 is 5.91 Å². The lowest BCUT2D eigenvalue weighted by Crippen LogP contribution is -2.31. The molecule has 82 valence electrons. The highest BCUT2D eigenvalue weighted by Crippen LogP contribution is 2.10. The molecule has 1 aliphatic heterocycles. The second-order valence-corrected chi connectivity index (χ2v) is 3.90. The van der Waals surface area contributed by atoms with E-state index in [4.69, 9.17) is 4.74 Å². The molecule has 1 fully saturated rings. The van der Waals surface area contributed by atoms with Crippen LogP contribution in [0, 0.1) is 0 Å². The molecule has 1 N–H and O–H groups in total. The van der Waals surface area contributed by atoms with E-state index in [1.165, 1.54) is 6.42 Å². The van der Waals surface area contributed by atoms with Gasteiger partial charge in [0.25, 0.3) is 0 Å². The number of ether oxygens (including phenoxy) is 1. The molecule has 3 heteroatoms. The van der Waals surface area contributed by atoms with E-state index in [-0.39, 0.29) is 12.0 Å². The van der Waals surface area contributed by atoms with Gasteiger partial charge in [-0.05, 0) is 19.3 Å². The summed E-state index contributed by atoms with van der Waals surface area (Å²) < 4.78 is 5.41. The first-order valence-corrected chi connectivity index (χ1v) is 5.71. The number of rotatable bonds is 6. The summed E-state index contributed by atoms with van der Waals surface area (Å²) in [5.41, 5.74) is 0. The maximum absolute atomic E-state index is 11.3. The normalized spacial score (nSPS) is 21.1. The van der Waals surface area contributed by atoms with E-state index in [9.17, 15) is 4.79 Å². The molecule has 0 aromatic rings. The monoisotopic (exact) mass is 199 g/mol. The predicted octanol–water partition coefficient (Wildman–Crippen LogP) is 1.86. The lowest BCUT2D eigenvalue weighted by molar-refractivity contribution is -0.121. The number of unbranched alkanes of at least 4 members (excludes halogenated alkanes) is 2. The first kappa shape index (κ1) is 11.5. The second-order valence-electron chi connectivity index (χ2n) is 3.90. The number of carbonyl (C=O) groups is 1. The van der Waals surface area contributed by atoms with Crippen molar-refractivity contribution in [3.8, 4) is 0 Å². The number of hydrogen-bond acceptors (Lipinski definition) is 2. The molecule has 3 nitrogen and oxygen atoms in total. The average molecular weight is 199 g/mol. The molecule has 1 saturated heterocycles. The second kappa shape index (κ2) is 6.82. The zero-order chi connectivity index (χ0) is 10.2. The predicted molar refractivity (Wildman–Crippen MR) is 56.1 cm³/mol. The molecule has 0 bridgehead atoms. The van der Waals surface area contributed by atoms with Crippen LogP contribution in [0.3, 0.4) is 0 Å². The summed E-state index contributed by atoms with van der Waals surface area (Å²) in [6.45, 7) is 3.70. The van der Waals surface area contributed by atoms with Gasteiger partial charge in [0.2, 0.25) is 5.91 Å². The summed E-state index contributed by atoms with van der Waals surface area (Å²) >= 11 is 0. The van der Waals surface area contributed by atoms with Crippen molar-refractivity contribution in [2.75, 3.05) is 13.2 Å². The molecule has 1 rings (SSSR count). The quantitative estimate of drug-likeness (QED) is 0.663. The van der Waals surface area contributed by atoms with Gasteiger partial charge < -0.3 is 10.1 Å². The van der Waals surface area contributed by atoms with Crippen LogP contribution in [-0.2, 0) is 9.53 Å². The molecule has 1 aliphatic rings. The molecule has 1 unspecified atom stereocenters. The molecule has 1 amide bonds. The highest BCUT2D eigenvalue weighted by atomic mass is 16.5. The number of nitrogens with one attached hydrogen (secondary N) is 1. The van der Waals surface area contributed by atoms with E-state index in [0.717, 1.165) is 32.3 Å². The molecule has 0 radical (unpaired) electrons. The van der Waals surface area contributed by atoms with Crippen LogP contribution in [0.2, 0.25) is 0 Å². The van der Waals surface area contributed by atoms with Crippen LogP contribution in [0.5, 0.6) is 0 Å². The van der Waals surface area contributed by atoms with Crippen LogP contribution in [-0.4, -0.2) is 25.2 Å². The summed E-state index contributed by atoms with van der Waals surface area (Å²) in [7, 11) is 0. The molecule has 0 aliphatic carbocycles. The highest BCUT2D eigenvalue weighted by Gasteiger charge is 2.15. The minimum atomic E-state index is 0.175. The minimum absolute atomic E-state index is 0.175. The van der Waals surface area contributed by atoms with Gasteiger partial charge in [-0.1, -0.05) is 19.8 Å². The van der Waals surface area contributed by atoms with Gasteiger partial charge in [-0.15, -0.1) is 0 Å². The zero-order valence-corrected chi connectivity index (χ0v) is 9.05. The molecular formula is C11H21NO2. The molecule has 1 heterocycles. The molecule has 0 spiro atoms. The standard InChI is InChI=1S/C11H21NO2/c1-2-3-4-7-11(13)12-9-10-6-5-8-14-10/h10H,2-9H2,1H3,(H,12,13). The highest BCUT2D eigenvalue weighted by molar-refractivity contribution is 5.75. The third-order valence-corrected chi connectivity index (χ3v) is 2.56. The Hall–Kier alpha value is -0.570. The summed E-state index contributed by atoms with van der Waals surface area (Å²) in [4.78, 5) is 11.3. The average Bonchev–Trinajstić information content (AvgIpc) is 2.68. The molecule has 0 aromatic heterocycles. The van der Waals surface area contributed by atoms with Crippen LogP contribution >= 0.6 is 0 Å². The van der Waals surface area contributed by atoms with Crippen LogP contribution in [0.1, 0.15) is 45.4 Å². The fraction of sp³-hybridized carbons (Fsp3) is 0.909. The Morgan fingerprint density at radius 2 is 2.36 bits per heavy atom. The van der Waals surface area contributed by atoms with Crippen LogP contribution < -0.4 is 5.32 Å². The Bertz CT molecular complexity index is 165. The van der Waals surface area contributed by atoms with Gasteiger partial charge in [0, 0.05) is 19.6 Å². The Morgan fingerprint density at radius 1 is 1.50 bits per heavy atom. The number of carbonyl (C=O) groups excluding carboxylic acids is 1. The van der Waals surface area contributed by atoms with Gasteiger partial charge in [-0.25, -0.2) is 0 Å². The molecule has 0 aromatic carbocycles. The SMILES string of the molecule is CCCCCC(=O)NCC1CCCO1. The van der Waals surface area contributed by atoms with Crippen molar-refractivity contribution in [2.45, 2.75) is 51.6 Å². The fourth-order valence-electron chi connectivity index (χ4n) is 1.66. The smallest absolute Gasteiger partial charge is 0.220 e. The largest absolute Gasteiger partial charge is 0.376 e. The van der Waals surface area contributed by atoms with E-state index < -0.39 is 0 Å². The molecule has 0 saturated carbocycles. The lowest BCUT2D eigenvalue weighted by atomic mass is 10.2. The van der Waals surface area contributed by atoms with Gasteiger partial charge in [-0.3, -0.25) is 4.79 Å². The van der Waals surface area contributed by atoms with Crippen molar-refractivity contribution in [2.24, 2.45) is 0 Å². The van der Waals surface area contributed by atoms with E-state index in [2.05, 4.69) is 12.2 Å². The van der Waals surface area contributed by atoms with Gasteiger partial charge in [0.1, 0.15) is 0 Å². The van der Waals surface area contributed by atoms with E-state index in [0.29, 0.717) is 13.0 Å². The van der Waals surface area contributed by atoms with Gasteiger partial charge in [-0.2, -0.15) is 0 Å². The van der Waals surface area contributed by atoms with E-state index in [1.807, 2.05) is 0 Å².